The molecule has 0 aromatic heterocycles. The predicted molar refractivity (Wildman–Crippen MR) is 102 cm³/mol. The van der Waals surface area contributed by atoms with Crippen LogP contribution in [0.3, 0.4) is 0 Å². The summed E-state index contributed by atoms with van der Waals surface area (Å²) in [5.74, 6) is 1.80. The number of rotatable bonds is 7. The van der Waals surface area contributed by atoms with Gasteiger partial charge in [0, 0.05) is 10.0 Å². The van der Waals surface area contributed by atoms with Gasteiger partial charge in [-0.2, -0.15) is 0 Å². The van der Waals surface area contributed by atoms with Crippen LogP contribution in [-0.4, -0.2) is 7.11 Å². The summed E-state index contributed by atoms with van der Waals surface area (Å²) in [5.41, 5.74) is 2.02. The lowest BCUT2D eigenvalue weighted by Crippen LogP contribution is -1.97. The van der Waals surface area contributed by atoms with E-state index in [1.54, 1.807) is 19.2 Å². The molecule has 0 N–H and O–H groups in total. The van der Waals surface area contributed by atoms with Gasteiger partial charge >= 0.3 is 0 Å². The van der Waals surface area contributed by atoms with Crippen molar-refractivity contribution in [3.05, 3.63) is 88.1 Å². The van der Waals surface area contributed by atoms with Gasteiger partial charge in [-0.25, -0.2) is 4.39 Å². The van der Waals surface area contributed by atoms with Crippen molar-refractivity contribution < 1.29 is 18.6 Å². The molecule has 0 saturated carbocycles. The summed E-state index contributed by atoms with van der Waals surface area (Å²) >= 11 is 3.46. The van der Waals surface area contributed by atoms with Gasteiger partial charge in [-0.15, -0.1) is 0 Å². The molecular formula is C21H18BrFO3. The number of halogens is 2. The topological polar surface area (TPSA) is 27.7 Å². The molecule has 5 heteroatoms. The molecule has 0 radical (unpaired) electrons. The van der Waals surface area contributed by atoms with Crippen LogP contribution in [0, 0.1) is 5.82 Å². The molecule has 3 rings (SSSR count). The third-order valence-corrected chi connectivity index (χ3v) is 4.23. The van der Waals surface area contributed by atoms with E-state index >= 15 is 0 Å². The molecule has 26 heavy (non-hydrogen) atoms. The fourth-order valence-electron chi connectivity index (χ4n) is 2.43. The first-order chi connectivity index (χ1) is 12.6. The van der Waals surface area contributed by atoms with Crippen LogP contribution in [-0.2, 0) is 18.0 Å². The third kappa shape index (κ3) is 5.07. The number of ether oxygens (including phenoxy) is 3. The summed E-state index contributed by atoms with van der Waals surface area (Å²) in [5, 5.41) is 0. The molecular weight excluding hydrogens is 399 g/mol. The van der Waals surface area contributed by atoms with E-state index in [0.29, 0.717) is 24.7 Å². The maximum Gasteiger partial charge on any atom is 0.127 e. The molecule has 0 aliphatic carbocycles. The Morgan fingerprint density at radius 1 is 0.846 bits per heavy atom. The van der Waals surface area contributed by atoms with Crippen molar-refractivity contribution in [2.75, 3.05) is 7.11 Å². The third-order valence-electron chi connectivity index (χ3n) is 3.74. The highest BCUT2D eigenvalue weighted by atomic mass is 79.9. The van der Waals surface area contributed by atoms with Crippen molar-refractivity contribution in [1.29, 1.82) is 0 Å². The zero-order valence-electron chi connectivity index (χ0n) is 14.2. The Kier molecular flexibility index (Phi) is 6.26. The highest BCUT2D eigenvalue weighted by Crippen LogP contribution is 2.25. The standard InChI is InChI=1S/C21H18BrFO3/c1-24-21-11-4-17(22)12-16(21)14-25-13-15-2-7-19(8-3-15)26-20-9-5-18(23)6-10-20/h2-12H,13-14H2,1H3. The molecule has 0 bridgehead atoms. The SMILES string of the molecule is COc1ccc(Br)cc1COCc1ccc(Oc2ccc(F)cc2)cc1. The molecule has 0 fully saturated rings. The van der Waals surface area contributed by atoms with Crippen LogP contribution >= 0.6 is 15.9 Å². The average Bonchev–Trinajstić information content (AvgIpc) is 2.65. The fourth-order valence-corrected chi connectivity index (χ4v) is 2.84. The van der Waals surface area contributed by atoms with E-state index in [4.69, 9.17) is 14.2 Å². The summed E-state index contributed by atoms with van der Waals surface area (Å²) in [6.45, 7) is 0.933. The van der Waals surface area contributed by atoms with Gasteiger partial charge < -0.3 is 14.2 Å². The van der Waals surface area contributed by atoms with Gasteiger partial charge in [-0.1, -0.05) is 28.1 Å². The molecule has 3 nitrogen and oxygen atoms in total. The van der Waals surface area contributed by atoms with Gasteiger partial charge in [0.25, 0.3) is 0 Å². The zero-order valence-corrected chi connectivity index (χ0v) is 15.8. The van der Waals surface area contributed by atoms with Crippen LogP contribution < -0.4 is 9.47 Å². The van der Waals surface area contributed by atoms with Crippen molar-refractivity contribution in [2.24, 2.45) is 0 Å². The summed E-state index contributed by atoms with van der Waals surface area (Å²) in [6.07, 6.45) is 0. The molecule has 3 aromatic rings. The molecule has 3 aromatic carbocycles. The second-order valence-corrected chi connectivity index (χ2v) is 6.56. The van der Waals surface area contributed by atoms with Gasteiger partial charge in [-0.05, 0) is 60.2 Å². The predicted octanol–water partition coefficient (Wildman–Crippen LogP) is 6.11. The van der Waals surface area contributed by atoms with Gasteiger partial charge in [0.2, 0.25) is 0 Å². The Labute approximate surface area is 160 Å². The van der Waals surface area contributed by atoms with E-state index in [1.165, 1.54) is 12.1 Å². The van der Waals surface area contributed by atoms with Crippen LogP contribution in [0.15, 0.2) is 71.2 Å². The van der Waals surface area contributed by atoms with Crippen molar-refractivity contribution in [3.63, 3.8) is 0 Å². The normalized spacial score (nSPS) is 10.6. The van der Waals surface area contributed by atoms with Crippen molar-refractivity contribution in [3.8, 4) is 17.2 Å². The summed E-state index contributed by atoms with van der Waals surface area (Å²) in [6, 6.07) is 19.4. The molecule has 0 atom stereocenters. The minimum atomic E-state index is -0.285. The highest BCUT2D eigenvalue weighted by Gasteiger charge is 2.05. The largest absolute Gasteiger partial charge is 0.496 e. The fraction of sp³-hybridized carbons (Fsp3) is 0.143. The van der Waals surface area contributed by atoms with E-state index in [-0.39, 0.29) is 5.82 Å². The minimum absolute atomic E-state index is 0.285. The number of hydrogen-bond donors (Lipinski definition) is 0. The van der Waals surface area contributed by atoms with Crippen molar-refractivity contribution in [2.45, 2.75) is 13.2 Å². The van der Waals surface area contributed by atoms with Gasteiger partial charge in [-0.3, -0.25) is 0 Å². The Morgan fingerprint density at radius 3 is 2.15 bits per heavy atom. The first-order valence-corrected chi connectivity index (χ1v) is 8.86. The Balaban J connectivity index is 1.54. The summed E-state index contributed by atoms with van der Waals surface area (Å²) in [4.78, 5) is 0. The van der Waals surface area contributed by atoms with E-state index in [2.05, 4.69) is 15.9 Å². The maximum absolute atomic E-state index is 12.9. The smallest absolute Gasteiger partial charge is 0.127 e. The highest BCUT2D eigenvalue weighted by molar-refractivity contribution is 9.10. The van der Waals surface area contributed by atoms with E-state index < -0.39 is 0 Å². The lowest BCUT2D eigenvalue weighted by atomic mass is 10.2. The second kappa shape index (κ2) is 8.83. The van der Waals surface area contributed by atoms with Crippen molar-refractivity contribution in [1.82, 2.24) is 0 Å². The number of methoxy groups -OCH3 is 1. The summed E-state index contributed by atoms with van der Waals surface area (Å²) < 4.78 is 30.7. The Bertz CT molecular complexity index is 848. The van der Waals surface area contributed by atoms with E-state index in [1.807, 2.05) is 42.5 Å². The lowest BCUT2D eigenvalue weighted by molar-refractivity contribution is 0.105. The Hall–Kier alpha value is -2.37. The first kappa shape index (κ1) is 18.4. The number of hydrogen-bond acceptors (Lipinski definition) is 3. The molecule has 0 heterocycles. The molecule has 0 aliphatic heterocycles. The van der Waals surface area contributed by atoms with Crippen LogP contribution in [0.2, 0.25) is 0 Å². The van der Waals surface area contributed by atoms with E-state index in [9.17, 15) is 4.39 Å². The first-order valence-electron chi connectivity index (χ1n) is 8.06. The van der Waals surface area contributed by atoms with Crippen LogP contribution in [0.25, 0.3) is 0 Å². The molecule has 0 saturated heterocycles. The van der Waals surface area contributed by atoms with Crippen molar-refractivity contribution >= 4 is 15.9 Å². The average molecular weight is 417 g/mol. The minimum Gasteiger partial charge on any atom is -0.496 e. The second-order valence-electron chi connectivity index (χ2n) is 5.65. The van der Waals surface area contributed by atoms with Crippen LogP contribution in [0.1, 0.15) is 11.1 Å². The Morgan fingerprint density at radius 2 is 1.50 bits per heavy atom. The summed E-state index contributed by atoms with van der Waals surface area (Å²) in [7, 11) is 1.65. The van der Waals surface area contributed by atoms with Crippen LogP contribution in [0.5, 0.6) is 17.2 Å². The lowest BCUT2D eigenvalue weighted by Gasteiger charge is -2.10. The number of benzene rings is 3. The van der Waals surface area contributed by atoms with Gasteiger partial charge in [0.15, 0.2) is 0 Å². The monoisotopic (exact) mass is 416 g/mol. The van der Waals surface area contributed by atoms with Crippen LogP contribution in [0.4, 0.5) is 4.39 Å². The zero-order chi connectivity index (χ0) is 18.4. The molecule has 0 spiro atoms. The van der Waals surface area contributed by atoms with Gasteiger partial charge in [0.1, 0.15) is 23.1 Å². The van der Waals surface area contributed by atoms with Gasteiger partial charge in [0.05, 0.1) is 20.3 Å². The van der Waals surface area contributed by atoms with E-state index in [0.717, 1.165) is 21.3 Å². The molecule has 0 aliphatic rings. The molecule has 134 valence electrons. The molecule has 0 amide bonds. The molecule has 0 unspecified atom stereocenters. The maximum atomic E-state index is 12.9. The quantitative estimate of drug-likeness (QED) is 0.465.